The predicted octanol–water partition coefficient (Wildman–Crippen LogP) is 6.36. The van der Waals surface area contributed by atoms with Crippen LogP contribution in [0.5, 0.6) is 11.5 Å². The van der Waals surface area contributed by atoms with Crippen molar-refractivity contribution in [3.8, 4) is 11.5 Å². The Morgan fingerprint density at radius 2 is 1.83 bits per heavy atom. The predicted molar refractivity (Wildman–Crippen MR) is 184 cm³/mol. The number of carbonyl (C=O) groups is 1. The summed E-state index contributed by atoms with van der Waals surface area (Å²) in [5.41, 5.74) is 3.30. The molecule has 0 spiro atoms. The number of carbonyl (C=O) groups excluding carboxylic acids is 1. The molecule has 0 bridgehead atoms. The lowest BCUT2D eigenvalue weighted by Gasteiger charge is -2.25. The molecule has 0 saturated carbocycles. The molecule has 0 aliphatic carbocycles. The Morgan fingerprint density at radius 1 is 1.12 bits per heavy atom. The minimum atomic E-state index is -0.710. The summed E-state index contributed by atoms with van der Waals surface area (Å²) in [4.78, 5) is 32.3. The van der Waals surface area contributed by atoms with Gasteiger partial charge in [-0.2, -0.15) is 0 Å². The first kappa shape index (κ1) is 31.0. The number of hydrogen-bond donors (Lipinski definition) is 0. The fourth-order valence-corrected chi connectivity index (χ4v) is 8.37. The van der Waals surface area contributed by atoms with Gasteiger partial charge in [-0.15, -0.1) is 0 Å². The van der Waals surface area contributed by atoms with E-state index < -0.39 is 12.0 Å². The monoisotopic (exact) mass is 870 g/mol. The zero-order chi connectivity index (χ0) is 30.0. The number of aromatic nitrogens is 1. The van der Waals surface area contributed by atoms with Gasteiger partial charge in [0.05, 0.1) is 47.2 Å². The third kappa shape index (κ3) is 6.38. The number of nitrogens with zero attached hydrogens (tertiary/aromatic N) is 2. The van der Waals surface area contributed by atoms with Gasteiger partial charge in [-0.25, -0.2) is 9.79 Å². The average Bonchev–Trinajstić information content (AvgIpc) is 3.26. The number of ether oxygens (including phenoxy) is 3. The van der Waals surface area contributed by atoms with E-state index in [1.165, 1.54) is 11.3 Å². The molecular formula is C31H25BrI2N2O5S. The van der Waals surface area contributed by atoms with Crippen LogP contribution in [0.15, 0.2) is 86.2 Å². The number of allylic oxidation sites excluding steroid dienone is 1. The highest BCUT2D eigenvalue weighted by molar-refractivity contribution is 14.1. The van der Waals surface area contributed by atoms with Gasteiger partial charge in [-0.05, 0) is 122 Å². The molecule has 1 aromatic heterocycles. The van der Waals surface area contributed by atoms with Crippen LogP contribution in [0, 0.1) is 7.14 Å². The van der Waals surface area contributed by atoms with Gasteiger partial charge in [0.15, 0.2) is 4.80 Å². The molecule has 7 nitrogen and oxygen atoms in total. The van der Waals surface area contributed by atoms with E-state index in [4.69, 9.17) is 14.2 Å². The zero-order valence-electron chi connectivity index (χ0n) is 22.8. The van der Waals surface area contributed by atoms with Crippen LogP contribution in [0.3, 0.4) is 0 Å². The minimum Gasteiger partial charge on any atom is -0.496 e. The summed E-state index contributed by atoms with van der Waals surface area (Å²) in [6.45, 7) is 4.20. The van der Waals surface area contributed by atoms with E-state index in [1.807, 2.05) is 60.7 Å². The molecule has 0 N–H and O–H groups in total. The number of methoxy groups -OCH3 is 1. The van der Waals surface area contributed by atoms with E-state index in [1.54, 1.807) is 31.6 Å². The molecule has 42 heavy (non-hydrogen) atoms. The number of benzene rings is 3. The van der Waals surface area contributed by atoms with Crippen molar-refractivity contribution < 1.29 is 19.0 Å². The maximum Gasteiger partial charge on any atom is 0.338 e. The van der Waals surface area contributed by atoms with Crippen molar-refractivity contribution in [2.45, 2.75) is 26.5 Å². The Kier molecular flexibility index (Phi) is 9.90. The fourth-order valence-electron chi connectivity index (χ4n) is 4.64. The van der Waals surface area contributed by atoms with E-state index >= 15 is 0 Å². The van der Waals surface area contributed by atoms with Crippen molar-refractivity contribution in [3.05, 3.63) is 120 Å². The van der Waals surface area contributed by atoms with Crippen molar-refractivity contribution in [1.82, 2.24) is 4.57 Å². The third-order valence-corrected chi connectivity index (χ3v) is 9.76. The molecule has 0 unspecified atom stereocenters. The number of rotatable bonds is 8. The smallest absolute Gasteiger partial charge is 0.338 e. The molecule has 11 heteroatoms. The van der Waals surface area contributed by atoms with E-state index in [9.17, 15) is 9.59 Å². The van der Waals surface area contributed by atoms with Gasteiger partial charge in [0, 0.05) is 0 Å². The molecule has 3 aromatic carbocycles. The van der Waals surface area contributed by atoms with Gasteiger partial charge < -0.3 is 14.2 Å². The molecule has 1 aliphatic heterocycles. The third-order valence-electron chi connectivity index (χ3n) is 6.55. The van der Waals surface area contributed by atoms with Crippen LogP contribution in [0.1, 0.15) is 36.6 Å². The number of hydrogen-bond acceptors (Lipinski definition) is 7. The molecule has 0 saturated heterocycles. The van der Waals surface area contributed by atoms with E-state index in [0.717, 1.165) is 29.6 Å². The lowest BCUT2D eigenvalue weighted by molar-refractivity contribution is -0.139. The summed E-state index contributed by atoms with van der Waals surface area (Å²) in [6.07, 6.45) is 1.86. The SMILES string of the molecule is CCOC(=O)C1=C(C)N=c2s/c(=C/c3cc(I)c(OCc4ccccc4)c(I)c3)c(=O)n2[C@H]1c1ccc(OC)c(Br)c1. The molecule has 216 valence electrons. The molecule has 0 amide bonds. The Morgan fingerprint density at radius 3 is 2.48 bits per heavy atom. The van der Waals surface area contributed by atoms with Crippen molar-refractivity contribution in [2.75, 3.05) is 13.7 Å². The van der Waals surface area contributed by atoms with Crippen LogP contribution in [0.4, 0.5) is 0 Å². The standard InChI is InChI=1S/C31H25BrI2N2O5S/c1-4-40-30(38)26-17(2)35-31-36(27(26)20-10-11-24(39-3)21(32)15-20)29(37)25(42-31)14-19-12-22(33)28(23(34)13-19)41-16-18-8-6-5-7-9-18/h5-15,27H,4,16H2,1-3H3/b25-14+/t27-/m0/s1. The first-order chi connectivity index (χ1) is 20.2. The number of halogens is 3. The lowest BCUT2D eigenvalue weighted by atomic mass is 9.96. The van der Waals surface area contributed by atoms with Crippen LogP contribution in [-0.4, -0.2) is 24.3 Å². The Balaban J connectivity index is 1.58. The summed E-state index contributed by atoms with van der Waals surface area (Å²) in [5, 5.41) is 0. The van der Waals surface area contributed by atoms with Crippen molar-refractivity contribution >= 4 is 84.5 Å². The van der Waals surface area contributed by atoms with Gasteiger partial charge in [0.25, 0.3) is 5.56 Å². The Hall–Kier alpha value is -2.49. The number of thiazole rings is 1. The van der Waals surface area contributed by atoms with Crippen molar-refractivity contribution in [2.24, 2.45) is 4.99 Å². The topological polar surface area (TPSA) is 79.1 Å². The van der Waals surface area contributed by atoms with E-state index in [2.05, 4.69) is 66.1 Å². The largest absolute Gasteiger partial charge is 0.496 e. The highest BCUT2D eigenvalue weighted by Gasteiger charge is 2.33. The normalized spacial score (nSPS) is 14.8. The molecule has 0 radical (unpaired) electrons. The second-order valence-electron chi connectivity index (χ2n) is 9.28. The van der Waals surface area contributed by atoms with Gasteiger partial charge in [-0.1, -0.05) is 47.7 Å². The molecule has 1 aliphatic rings. The lowest BCUT2D eigenvalue weighted by Crippen LogP contribution is -2.40. The second-order valence-corrected chi connectivity index (χ2v) is 13.5. The van der Waals surface area contributed by atoms with Crippen LogP contribution in [0.25, 0.3) is 6.08 Å². The quantitative estimate of drug-likeness (QED) is 0.152. The van der Waals surface area contributed by atoms with Crippen molar-refractivity contribution in [1.29, 1.82) is 0 Å². The molecule has 0 fully saturated rings. The summed E-state index contributed by atoms with van der Waals surface area (Å²) in [7, 11) is 1.58. The molecule has 2 heterocycles. The van der Waals surface area contributed by atoms with Crippen LogP contribution in [-0.2, 0) is 16.1 Å². The molecule has 4 aromatic rings. The van der Waals surface area contributed by atoms with Gasteiger partial charge in [0.2, 0.25) is 0 Å². The average molecular weight is 871 g/mol. The maximum atomic E-state index is 14.0. The fraction of sp³-hybridized carbons (Fsp3) is 0.194. The van der Waals surface area contributed by atoms with Gasteiger partial charge in [-0.3, -0.25) is 9.36 Å². The summed E-state index contributed by atoms with van der Waals surface area (Å²) < 4.78 is 21.6. The first-order valence-electron chi connectivity index (χ1n) is 12.9. The van der Waals surface area contributed by atoms with Crippen LogP contribution in [0.2, 0.25) is 0 Å². The van der Waals surface area contributed by atoms with Crippen LogP contribution >= 0.6 is 72.4 Å². The summed E-state index contributed by atoms with van der Waals surface area (Å²) >= 11 is 9.36. The molecule has 1 atom stereocenters. The second kappa shape index (κ2) is 13.4. The maximum absolute atomic E-state index is 14.0. The summed E-state index contributed by atoms with van der Waals surface area (Å²) in [6, 6.07) is 18.8. The summed E-state index contributed by atoms with van der Waals surface area (Å²) in [5.74, 6) is 0.948. The minimum absolute atomic E-state index is 0.210. The van der Waals surface area contributed by atoms with Crippen LogP contribution < -0.4 is 24.4 Å². The van der Waals surface area contributed by atoms with Crippen molar-refractivity contribution in [3.63, 3.8) is 0 Å². The van der Waals surface area contributed by atoms with E-state index in [-0.39, 0.29) is 12.2 Å². The highest BCUT2D eigenvalue weighted by Crippen LogP contribution is 2.35. The molecule has 5 rings (SSSR count). The Bertz CT molecular complexity index is 1860. The Labute approximate surface area is 282 Å². The number of fused-ring (bicyclic) bond motifs is 1. The van der Waals surface area contributed by atoms with Gasteiger partial charge in [0.1, 0.15) is 18.1 Å². The highest BCUT2D eigenvalue weighted by atomic mass is 127. The zero-order valence-corrected chi connectivity index (χ0v) is 29.5. The molecular weight excluding hydrogens is 846 g/mol. The number of esters is 1. The van der Waals surface area contributed by atoms with E-state index in [0.29, 0.717) is 37.4 Å². The first-order valence-corrected chi connectivity index (χ1v) is 16.7. The van der Waals surface area contributed by atoms with Gasteiger partial charge >= 0.3 is 5.97 Å².